The second kappa shape index (κ2) is 5.48. The lowest BCUT2D eigenvalue weighted by atomic mass is 10.0. The van der Waals surface area contributed by atoms with E-state index in [1.54, 1.807) is 11.3 Å². The Kier molecular flexibility index (Phi) is 3.97. The van der Waals surface area contributed by atoms with Gasteiger partial charge in [-0.1, -0.05) is 31.2 Å². The van der Waals surface area contributed by atoms with Crippen LogP contribution in [0.15, 0.2) is 36.4 Å². The van der Waals surface area contributed by atoms with Crippen LogP contribution >= 0.6 is 11.3 Å². The van der Waals surface area contributed by atoms with Gasteiger partial charge in [-0.05, 0) is 36.6 Å². The summed E-state index contributed by atoms with van der Waals surface area (Å²) in [4.78, 5) is 2.65. The first-order valence-corrected chi connectivity index (χ1v) is 6.83. The van der Waals surface area contributed by atoms with Gasteiger partial charge in [-0.25, -0.2) is 0 Å². The molecule has 0 amide bonds. The monoisotopic (exact) mass is 246 g/mol. The normalized spacial score (nSPS) is 12.6. The highest BCUT2D eigenvalue weighted by Gasteiger charge is 2.11. The number of aryl methyl sites for hydroxylation is 2. The molecule has 0 aliphatic rings. The summed E-state index contributed by atoms with van der Waals surface area (Å²) < 4.78 is 0. The van der Waals surface area contributed by atoms with Crippen molar-refractivity contribution in [3.63, 3.8) is 0 Å². The summed E-state index contributed by atoms with van der Waals surface area (Å²) in [6, 6.07) is 12.3. The number of thiophene rings is 1. The van der Waals surface area contributed by atoms with Gasteiger partial charge in [0, 0.05) is 16.2 Å². The number of rotatable bonds is 4. The van der Waals surface area contributed by atoms with E-state index in [1.807, 2.05) is 31.2 Å². The van der Waals surface area contributed by atoms with Gasteiger partial charge < -0.3 is 5.11 Å². The van der Waals surface area contributed by atoms with Crippen LogP contribution in [0, 0.1) is 6.92 Å². The van der Waals surface area contributed by atoms with Crippen molar-refractivity contribution in [3.8, 4) is 0 Å². The predicted molar refractivity (Wildman–Crippen MR) is 73.5 cm³/mol. The van der Waals surface area contributed by atoms with E-state index >= 15 is 0 Å². The number of benzene rings is 1. The van der Waals surface area contributed by atoms with Crippen molar-refractivity contribution in [3.05, 3.63) is 57.3 Å². The van der Waals surface area contributed by atoms with E-state index < -0.39 is 0 Å². The van der Waals surface area contributed by atoms with E-state index in [0.717, 1.165) is 24.0 Å². The number of hydrogen-bond acceptors (Lipinski definition) is 2. The summed E-state index contributed by atoms with van der Waals surface area (Å²) in [6.07, 6.45) is 1.40. The average molecular weight is 246 g/mol. The van der Waals surface area contributed by atoms with Crippen LogP contribution in [-0.2, 0) is 12.8 Å². The largest absolute Gasteiger partial charge is 0.388 e. The standard InChI is InChI=1S/C15H18OS/c1-3-12-8-9-13(17-12)10-15(16)14-7-5-4-6-11(14)2/h4-9,15-16H,3,10H2,1-2H3. The fourth-order valence-electron chi connectivity index (χ4n) is 1.98. The summed E-state index contributed by atoms with van der Waals surface area (Å²) in [6.45, 7) is 4.21. The van der Waals surface area contributed by atoms with Crippen LogP contribution in [-0.4, -0.2) is 5.11 Å². The van der Waals surface area contributed by atoms with Gasteiger partial charge in [0.05, 0.1) is 6.10 Å². The molecule has 0 aliphatic heterocycles. The first-order valence-electron chi connectivity index (χ1n) is 6.02. The molecule has 0 bridgehead atoms. The third-order valence-corrected chi connectivity index (χ3v) is 4.26. The molecule has 1 unspecified atom stereocenters. The summed E-state index contributed by atoms with van der Waals surface area (Å²) in [5.41, 5.74) is 2.20. The highest BCUT2D eigenvalue weighted by atomic mass is 32.1. The van der Waals surface area contributed by atoms with Crippen LogP contribution in [0.5, 0.6) is 0 Å². The maximum atomic E-state index is 10.2. The molecule has 2 heteroatoms. The number of aliphatic hydroxyl groups is 1. The quantitative estimate of drug-likeness (QED) is 0.867. The van der Waals surface area contributed by atoms with Crippen LogP contribution in [0.1, 0.15) is 33.9 Å². The second-order valence-electron chi connectivity index (χ2n) is 4.30. The molecule has 1 heterocycles. The van der Waals surface area contributed by atoms with Crippen LogP contribution in [0.2, 0.25) is 0 Å². The zero-order chi connectivity index (χ0) is 12.3. The third-order valence-electron chi connectivity index (χ3n) is 3.01. The maximum Gasteiger partial charge on any atom is 0.0840 e. The Balaban J connectivity index is 2.11. The molecule has 1 aromatic carbocycles. The first kappa shape index (κ1) is 12.3. The van der Waals surface area contributed by atoms with E-state index in [-0.39, 0.29) is 6.10 Å². The summed E-state index contributed by atoms with van der Waals surface area (Å²) >= 11 is 1.80. The van der Waals surface area contributed by atoms with Gasteiger partial charge in [-0.15, -0.1) is 11.3 Å². The van der Waals surface area contributed by atoms with Gasteiger partial charge in [-0.2, -0.15) is 0 Å². The molecule has 2 aromatic rings. The minimum absolute atomic E-state index is 0.389. The molecule has 0 radical (unpaired) electrons. The third kappa shape index (κ3) is 2.96. The highest BCUT2D eigenvalue weighted by Crippen LogP contribution is 2.25. The Morgan fingerprint density at radius 2 is 1.82 bits per heavy atom. The van der Waals surface area contributed by atoms with Gasteiger partial charge in [0.25, 0.3) is 0 Å². The van der Waals surface area contributed by atoms with E-state index in [0.29, 0.717) is 0 Å². The molecule has 1 nitrogen and oxygen atoms in total. The smallest absolute Gasteiger partial charge is 0.0840 e. The lowest BCUT2D eigenvalue weighted by molar-refractivity contribution is 0.178. The average Bonchev–Trinajstić information content (AvgIpc) is 2.77. The molecular formula is C15H18OS. The Morgan fingerprint density at radius 1 is 1.12 bits per heavy atom. The summed E-state index contributed by atoms with van der Waals surface area (Å²) in [5, 5.41) is 10.2. The Morgan fingerprint density at radius 3 is 2.47 bits per heavy atom. The lowest BCUT2D eigenvalue weighted by Gasteiger charge is -2.12. The zero-order valence-electron chi connectivity index (χ0n) is 10.3. The van der Waals surface area contributed by atoms with E-state index in [2.05, 4.69) is 19.1 Å². The van der Waals surface area contributed by atoms with E-state index in [4.69, 9.17) is 0 Å². The van der Waals surface area contributed by atoms with Crippen molar-refractivity contribution in [1.29, 1.82) is 0 Å². The van der Waals surface area contributed by atoms with Gasteiger partial charge in [0.1, 0.15) is 0 Å². The number of aliphatic hydroxyl groups excluding tert-OH is 1. The van der Waals surface area contributed by atoms with E-state index in [9.17, 15) is 5.11 Å². The van der Waals surface area contributed by atoms with Crippen molar-refractivity contribution >= 4 is 11.3 Å². The van der Waals surface area contributed by atoms with Gasteiger partial charge in [0.15, 0.2) is 0 Å². The fraction of sp³-hybridized carbons (Fsp3) is 0.333. The maximum absolute atomic E-state index is 10.2. The van der Waals surface area contributed by atoms with Crippen LogP contribution < -0.4 is 0 Å². The predicted octanol–water partition coefficient (Wildman–Crippen LogP) is 3.90. The Hall–Kier alpha value is -1.12. The SMILES string of the molecule is CCc1ccc(CC(O)c2ccccc2C)s1. The Labute approximate surface area is 107 Å². The molecule has 0 saturated heterocycles. The van der Waals surface area contributed by atoms with Gasteiger partial charge in [-0.3, -0.25) is 0 Å². The van der Waals surface area contributed by atoms with Crippen LogP contribution in [0.25, 0.3) is 0 Å². The minimum Gasteiger partial charge on any atom is -0.388 e. The molecule has 0 aliphatic carbocycles. The zero-order valence-corrected chi connectivity index (χ0v) is 11.1. The Bertz CT molecular complexity index is 487. The van der Waals surface area contributed by atoms with E-state index in [1.165, 1.54) is 9.75 Å². The lowest BCUT2D eigenvalue weighted by Crippen LogP contribution is -2.02. The molecule has 1 atom stereocenters. The van der Waals surface area contributed by atoms with Crippen LogP contribution in [0.4, 0.5) is 0 Å². The molecule has 1 N–H and O–H groups in total. The summed E-state index contributed by atoms with van der Waals surface area (Å²) in [5.74, 6) is 0. The fourth-order valence-corrected chi connectivity index (χ4v) is 2.98. The van der Waals surface area contributed by atoms with Crippen molar-refractivity contribution < 1.29 is 5.11 Å². The van der Waals surface area contributed by atoms with Crippen molar-refractivity contribution in [2.75, 3.05) is 0 Å². The molecule has 0 fully saturated rings. The van der Waals surface area contributed by atoms with Gasteiger partial charge in [0.2, 0.25) is 0 Å². The highest BCUT2D eigenvalue weighted by molar-refractivity contribution is 7.11. The van der Waals surface area contributed by atoms with Gasteiger partial charge >= 0.3 is 0 Å². The van der Waals surface area contributed by atoms with Crippen molar-refractivity contribution in [2.24, 2.45) is 0 Å². The molecule has 1 aromatic heterocycles. The topological polar surface area (TPSA) is 20.2 Å². The summed E-state index contributed by atoms with van der Waals surface area (Å²) in [7, 11) is 0. The van der Waals surface area contributed by atoms with Crippen molar-refractivity contribution in [1.82, 2.24) is 0 Å². The number of hydrogen-bond donors (Lipinski definition) is 1. The molecule has 2 rings (SSSR count). The molecule has 90 valence electrons. The minimum atomic E-state index is -0.389. The molecule has 0 spiro atoms. The molecule has 17 heavy (non-hydrogen) atoms. The first-order chi connectivity index (χ1) is 8.20. The molecule has 0 saturated carbocycles. The van der Waals surface area contributed by atoms with Crippen LogP contribution in [0.3, 0.4) is 0 Å². The van der Waals surface area contributed by atoms with Crippen molar-refractivity contribution in [2.45, 2.75) is 32.8 Å². The second-order valence-corrected chi connectivity index (χ2v) is 5.55. The molecular weight excluding hydrogens is 228 g/mol.